The zero-order valence-electron chi connectivity index (χ0n) is 12.2. The number of aromatic amines is 1. The summed E-state index contributed by atoms with van der Waals surface area (Å²) < 4.78 is 1.69. The average molecular weight is 303 g/mol. The zero-order chi connectivity index (χ0) is 15.6. The van der Waals surface area contributed by atoms with Crippen LogP contribution in [-0.2, 0) is 13.0 Å². The Balaban J connectivity index is 1.94. The Bertz CT molecular complexity index is 1150. The highest BCUT2D eigenvalue weighted by Gasteiger charge is 2.24. The lowest BCUT2D eigenvalue weighted by Crippen LogP contribution is -2.27. The Morgan fingerprint density at radius 1 is 1.09 bits per heavy atom. The van der Waals surface area contributed by atoms with Gasteiger partial charge < -0.3 is 10.1 Å². The molecule has 0 saturated heterocycles. The number of benzene rings is 2. The van der Waals surface area contributed by atoms with E-state index in [-0.39, 0.29) is 11.3 Å². The summed E-state index contributed by atoms with van der Waals surface area (Å²) in [7, 11) is 0. The monoisotopic (exact) mass is 303 g/mol. The van der Waals surface area contributed by atoms with Gasteiger partial charge in [-0.1, -0.05) is 24.3 Å². The fraction of sp³-hybridized carbons (Fsp3) is 0.111. The quantitative estimate of drug-likeness (QED) is 0.525. The van der Waals surface area contributed by atoms with Crippen LogP contribution in [0.1, 0.15) is 5.56 Å². The molecule has 0 fully saturated rings. The van der Waals surface area contributed by atoms with Crippen molar-refractivity contribution in [2.45, 2.75) is 13.0 Å². The van der Waals surface area contributed by atoms with Crippen molar-refractivity contribution in [1.29, 1.82) is 0 Å². The summed E-state index contributed by atoms with van der Waals surface area (Å²) >= 11 is 0. The first-order valence-corrected chi connectivity index (χ1v) is 7.56. The molecule has 5 rings (SSSR count). The van der Waals surface area contributed by atoms with Crippen molar-refractivity contribution in [2.24, 2.45) is 0 Å². The van der Waals surface area contributed by atoms with Crippen LogP contribution in [0.4, 0.5) is 0 Å². The van der Waals surface area contributed by atoms with E-state index < -0.39 is 0 Å². The van der Waals surface area contributed by atoms with Crippen molar-refractivity contribution < 1.29 is 5.11 Å². The summed E-state index contributed by atoms with van der Waals surface area (Å²) in [5.41, 5.74) is 3.35. The fourth-order valence-corrected chi connectivity index (χ4v) is 3.50. The van der Waals surface area contributed by atoms with Crippen molar-refractivity contribution >= 4 is 21.8 Å². The molecular formula is C18H13N3O2. The molecule has 0 bridgehead atoms. The molecule has 0 unspecified atom stereocenters. The lowest BCUT2D eigenvalue weighted by molar-refractivity contribution is 0.480. The molecule has 3 heterocycles. The first kappa shape index (κ1) is 12.5. The van der Waals surface area contributed by atoms with E-state index in [0.29, 0.717) is 23.3 Å². The van der Waals surface area contributed by atoms with E-state index in [0.717, 1.165) is 17.6 Å². The van der Waals surface area contributed by atoms with Gasteiger partial charge in [0.1, 0.15) is 11.3 Å². The highest BCUT2D eigenvalue weighted by Crippen LogP contribution is 2.34. The van der Waals surface area contributed by atoms with Gasteiger partial charge in [-0.15, -0.1) is 0 Å². The molecule has 0 amide bonds. The van der Waals surface area contributed by atoms with Crippen LogP contribution in [0.3, 0.4) is 0 Å². The smallest absolute Gasteiger partial charge is 0.261 e. The first-order chi connectivity index (χ1) is 11.2. The number of nitrogens with zero attached hydrogens (tertiary/aromatic N) is 2. The lowest BCUT2D eigenvalue weighted by atomic mass is 10.0. The molecular weight excluding hydrogens is 290 g/mol. The van der Waals surface area contributed by atoms with Crippen LogP contribution in [0, 0.1) is 0 Å². The van der Waals surface area contributed by atoms with Crippen LogP contribution in [0.5, 0.6) is 5.75 Å². The first-order valence-electron chi connectivity index (χ1n) is 7.56. The van der Waals surface area contributed by atoms with Crippen LogP contribution < -0.4 is 5.56 Å². The van der Waals surface area contributed by atoms with E-state index >= 15 is 0 Å². The van der Waals surface area contributed by atoms with Crippen LogP contribution in [0.25, 0.3) is 33.3 Å². The van der Waals surface area contributed by atoms with Crippen molar-refractivity contribution in [3.8, 4) is 17.3 Å². The van der Waals surface area contributed by atoms with Gasteiger partial charge >= 0.3 is 0 Å². The van der Waals surface area contributed by atoms with Gasteiger partial charge in [-0.3, -0.25) is 9.36 Å². The van der Waals surface area contributed by atoms with Gasteiger partial charge in [-0.25, -0.2) is 4.98 Å². The van der Waals surface area contributed by atoms with E-state index in [9.17, 15) is 9.90 Å². The highest BCUT2D eigenvalue weighted by molar-refractivity contribution is 5.92. The van der Waals surface area contributed by atoms with Crippen molar-refractivity contribution in [1.82, 2.24) is 14.5 Å². The molecule has 5 nitrogen and oxygen atoms in total. The number of para-hydroxylation sites is 2. The van der Waals surface area contributed by atoms with Crippen LogP contribution in [-0.4, -0.2) is 19.6 Å². The van der Waals surface area contributed by atoms with Crippen LogP contribution >= 0.6 is 0 Å². The zero-order valence-corrected chi connectivity index (χ0v) is 12.2. The van der Waals surface area contributed by atoms with E-state index in [1.807, 2.05) is 18.2 Å². The fourth-order valence-electron chi connectivity index (χ4n) is 3.50. The number of phenolic OH excluding ortho intramolecular Hbond substituents is 1. The molecule has 0 aliphatic carbocycles. The molecule has 0 saturated carbocycles. The van der Waals surface area contributed by atoms with E-state index in [1.54, 1.807) is 22.8 Å². The van der Waals surface area contributed by atoms with Gasteiger partial charge in [0.15, 0.2) is 5.82 Å². The second-order valence-electron chi connectivity index (χ2n) is 5.84. The minimum absolute atomic E-state index is 0.0336. The summed E-state index contributed by atoms with van der Waals surface area (Å²) in [4.78, 5) is 20.7. The van der Waals surface area contributed by atoms with Crippen molar-refractivity contribution in [3.63, 3.8) is 0 Å². The standard InChI is InChI=1S/C18H13N3O2/c22-14-7-3-5-12-15(14)20-17-16-11(8-9-21(17)18(12)23)10-4-1-2-6-13(10)19-16/h1-7,19,22H,8-9H2. The predicted octanol–water partition coefficient (Wildman–Crippen LogP) is 2.81. The second-order valence-corrected chi connectivity index (χ2v) is 5.84. The lowest BCUT2D eigenvalue weighted by Gasteiger charge is -2.18. The number of H-pyrrole nitrogens is 1. The van der Waals surface area contributed by atoms with Gasteiger partial charge in [-0.05, 0) is 30.2 Å². The molecule has 4 aromatic rings. The topological polar surface area (TPSA) is 70.9 Å². The van der Waals surface area contributed by atoms with E-state index in [4.69, 9.17) is 0 Å². The molecule has 0 radical (unpaired) electrons. The maximum absolute atomic E-state index is 12.7. The van der Waals surface area contributed by atoms with Gasteiger partial charge in [0.25, 0.3) is 5.56 Å². The SMILES string of the molecule is O=c1c2cccc(O)c2nc2n1CCc1c-2[nH]c2ccccc12. The molecule has 1 aliphatic rings. The van der Waals surface area contributed by atoms with Gasteiger partial charge in [0, 0.05) is 17.4 Å². The molecule has 0 atom stereocenters. The van der Waals surface area contributed by atoms with Crippen molar-refractivity contribution in [3.05, 3.63) is 58.4 Å². The third-order valence-electron chi connectivity index (χ3n) is 4.59. The Labute approximate surface area is 130 Å². The number of aryl methyl sites for hydroxylation is 1. The number of fused-ring (bicyclic) bond motifs is 6. The molecule has 112 valence electrons. The van der Waals surface area contributed by atoms with Gasteiger partial charge in [-0.2, -0.15) is 0 Å². The average Bonchev–Trinajstić information content (AvgIpc) is 2.95. The summed E-state index contributed by atoms with van der Waals surface area (Å²) in [6, 6.07) is 13.0. The van der Waals surface area contributed by atoms with E-state index in [1.165, 1.54) is 10.9 Å². The summed E-state index contributed by atoms with van der Waals surface area (Å²) in [6.45, 7) is 0.599. The molecule has 23 heavy (non-hydrogen) atoms. The van der Waals surface area contributed by atoms with Gasteiger partial charge in [0.05, 0.1) is 11.1 Å². The number of nitrogens with one attached hydrogen (secondary N) is 1. The highest BCUT2D eigenvalue weighted by atomic mass is 16.3. The normalized spacial score (nSPS) is 13.2. The van der Waals surface area contributed by atoms with E-state index in [2.05, 4.69) is 16.0 Å². The Morgan fingerprint density at radius 3 is 2.83 bits per heavy atom. The molecule has 1 aliphatic heterocycles. The van der Waals surface area contributed by atoms with Gasteiger partial charge in [0.2, 0.25) is 0 Å². The predicted molar refractivity (Wildman–Crippen MR) is 88.7 cm³/mol. The minimum Gasteiger partial charge on any atom is -0.506 e. The molecule has 5 heteroatoms. The third kappa shape index (κ3) is 1.56. The molecule has 2 N–H and O–H groups in total. The summed E-state index contributed by atoms with van der Waals surface area (Å²) in [5, 5.41) is 11.7. The molecule has 2 aromatic heterocycles. The number of hydrogen-bond donors (Lipinski definition) is 2. The molecule has 2 aromatic carbocycles. The number of aromatic nitrogens is 3. The van der Waals surface area contributed by atoms with Crippen molar-refractivity contribution in [2.75, 3.05) is 0 Å². The Kier molecular flexibility index (Phi) is 2.29. The van der Waals surface area contributed by atoms with Crippen LogP contribution in [0.15, 0.2) is 47.3 Å². The minimum atomic E-state index is -0.106. The summed E-state index contributed by atoms with van der Waals surface area (Å²) in [5.74, 6) is 0.632. The largest absolute Gasteiger partial charge is 0.506 e. The molecule has 0 spiro atoms. The third-order valence-corrected chi connectivity index (χ3v) is 4.59. The maximum Gasteiger partial charge on any atom is 0.261 e. The summed E-state index contributed by atoms with van der Waals surface area (Å²) in [6.07, 6.45) is 0.790. The number of phenols is 1. The number of rotatable bonds is 0. The Morgan fingerprint density at radius 2 is 1.91 bits per heavy atom. The second kappa shape index (κ2) is 4.23. The Hall–Kier alpha value is -3.08. The number of hydrogen-bond acceptors (Lipinski definition) is 3. The van der Waals surface area contributed by atoms with Crippen LogP contribution in [0.2, 0.25) is 0 Å². The number of aromatic hydroxyl groups is 1. The maximum atomic E-state index is 12.7.